The summed E-state index contributed by atoms with van der Waals surface area (Å²) >= 11 is 0. The van der Waals surface area contributed by atoms with Gasteiger partial charge in [-0.3, -0.25) is 9.59 Å². The summed E-state index contributed by atoms with van der Waals surface area (Å²) < 4.78 is 0. The third kappa shape index (κ3) is 4.28. The van der Waals surface area contributed by atoms with E-state index in [4.69, 9.17) is 5.73 Å². The molecular weight excluding hydrogens is 372 g/mol. The first-order valence-corrected chi connectivity index (χ1v) is 10.7. The molecule has 1 aliphatic heterocycles. The van der Waals surface area contributed by atoms with E-state index in [1.165, 1.54) is 24.8 Å². The van der Waals surface area contributed by atoms with Crippen LogP contribution in [0.1, 0.15) is 60.9 Å². The van der Waals surface area contributed by atoms with Crippen LogP contribution in [0.25, 0.3) is 0 Å². The highest BCUT2D eigenvalue weighted by Crippen LogP contribution is 2.42. The first-order chi connectivity index (χ1) is 13.0. The van der Waals surface area contributed by atoms with Gasteiger partial charge < -0.3 is 10.6 Å². The minimum atomic E-state index is 0. The quantitative estimate of drug-likeness (QED) is 0.774. The summed E-state index contributed by atoms with van der Waals surface area (Å²) in [6, 6.07) is 8.16. The SMILES string of the molecule is Cc1ccc(C(=O)C2CCN(C(=O)C3CC4CCCC(C3)C4N)CC2)cc1.Cl. The Kier molecular flexibility index (Phi) is 6.82. The van der Waals surface area contributed by atoms with Gasteiger partial charge in [0.15, 0.2) is 5.78 Å². The van der Waals surface area contributed by atoms with E-state index in [1.807, 2.05) is 36.1 Å². The number of piperidine rings is 1. The van der Waals surface area contributed by atoms with Crippen LogP contribution in [0.5, 0.6) is 0 Å². The van der Waals surface area contributed by atoms with Gasteiger partial charge in [0.05, 0.1) is 0 Å². The first kappa shape index (κ1) is 21.3. The van der Waals surface area contributed by atoms with Crippen molar-refractivity contribution < 1.29 is 9.59 Å². The molecule has 1 saturated heterocycles. The van der Waals surface area contributed by atoms with Gasteiger partial charge in [0.25, 0.3) is 0 Å². The van der Waals surface area contributed by atoms with E-state index in [2.05, 4.69) is 0 Å². The molecule has 4 rings (SSSR count). The second kappa shape index (κ2) is 8.96. The summed E-state index contributed by atoms with van der Waals surface area (Å²) in [5, 5.41) is 0. The van der Waals surface area contributed by atoms with Gasteiger partial charge in [0.2, 0.25) is 5.91 Å². The van der Waals surface area contributed by atoms with Crippen molar-refractivity contribution in [1.29, 1.82) is 0 Å². The number of carbonyl (C=O) groups is 2. The maximum absolute atomic E-state index is 13.1. The minimum absolute atomic E-state index is 0. The molecule has 2 unspecified atom stereocenters. The zero-order valence-corrected chi connectivity index (χ0v) is 17.6. The Labute approximate surface area is 174 Å². The average molecular weight is 405 g/mol. The Morgan fingerprint density at radius 1 is 0.929 bits per heavy atom. The Bertz CT molecular complexity index is 683. The Hall–Kier alpha value is -1.39. The van der Waals surface area contributed by atoms with E-state index in [1.54, 1.807) is 0 Å². The van der Waals surface area contributed by atoms with E-state index >= 15 is 0 Å². The van der Waals surface area contributed by atoms with E-state index in [0.29, 0.717) is 23.8 Å². The number of hydrogen-bond donors (Lipinski definition) is 1. The molecule has 2 aliphatic carbocycles. The van der Waals surface area contributed by atoms with E-state index in [-0.39, 0.29) is 30.0 Å². The van der Waals surface area contributed by atoms with Crippen LogP contribution in [0.2, 0.25) is 0 Å². The van der Waals surface area contributed by atoms with E-state index in [9.17, 15) is 9.59 Å². The van der Waals surface area contributed by atoms with Crippen LogP contribution >= 0.6 is 12.4 Å². The minimum Gasteiger partial charge on any atom is -0.342 e. The number of aryl methyl sites for hydroxylation is 1. The molecule has 3 fully saturated rings. The summed E-state index contributed by atoms with van der Waals surface area (Å²) in [6.07, 6.45) is 7.17. The number of nitrogens with two attached hydrogens (primary N) is 1. The van der Waals surface area contributed by atoms with Crippen molar-refractivity contribution in [2.24, 2.45) is 29.4 Å². The van der Waals surface area contributed by atoms with Crippen molar-refractivity contribution in [3.05, 3.63) is 35.4 Å². The fourth-order valence-electron chi connectivity index (χ4n) is 5.56. The summed E-state index contributed by atoms with van der Waals surface area (Å²) in [7, 11) is 0. The van der Waals surface area contributed by atoms with Gasteiger partial charge in [-0.15, -0.1) is 12.4 Å². The fraction of sp³-hybridized carbons (Fsp3) is 0.652. The summed E-state index contributed by atoms with van der Waals surface area (Å²) in [5.74, 6) is 1.83. The van der Waals surface area contributed by atoms with Crippen LogP contribution in [0.4, 0.5) is 0 Å². The van der Waals surface area contributed by atoms with Crippen LogP contribution in [-0.4, -0.2) is 35.7 Å². The van der Waals surface area contributed by atoms with Crippen LogP contribution in [0.15, 0.2) is 24.3 Å². The standard InChI is InChI=1S/C23H32N2O2.ClH/c1-15-5-7-16(8-6-15)22(26)17-9-11-25(12-10-17)23(27)20-13-18-3-2-4-19(14-20)21(18)24;/h5-8,17-21H,2-4,9-14,24H2,1H3;1H. The summed E-state index contributed by atoms with van der Waals surface area (Å²) in [4.78, 5) is 27.8. The number of halogens is 1. The zero-order valence-electron chi connectivity index (χ0n) is 16.8. The smallest absolute Gasteiger partial charge is 0.225 e. The zero-order chi connectivity index (χ0) is 19.0. The first-order valence-electron chi connectivity index (χ1n) is 10.7. The number of carbonyl (C=O) groups excluding carboxylic acids is 2. The molecule has 2 N–H and O–H groups in total. The number of ketones is 1. The largest absolute Gasteiger partial charge is 0.342 e. The van der Waals surface area contributed by atoms with Crippen molar-refractivity contribution in [2.45, 2.75) is 57.9 Å². The number of fused-ring (bicyclic) bond motifs is 2. The van der Waals surface area contributed by atoms with Gasteiger partial charge in [0.1, 0.15) is 0 Å². The van der Waals surface area contributed by atoms with E-state index < -0.39 is 0 Å². The molecule has 0 spiro atoms. The average Bonchev–Trinajstić information content (AvgIpc) is 2.67. The molecule has 1 amide bonds. The highest BCUT2D eigenvalue weighted by molar-refractivity contribution is 5.98. The number of amides is 1. The van der Waals surface area contributed by atoms with Gasteiger partial charge in [-0.05, 0) is 57.3 Å². The molecule has 154 valence electrons. The lowest BCUT2D eigenvalue weighted by Crippen LogP contribution is -2.51. The lowest BCUT2D eigenvalue weighted by atomic mass is 9.65. The van der Waals surface area contributed by atoms with Crippen molar-refractivity contribution in [2.75, 3.05) is 13.1 Å². The van der Waals surface area contributed by atoms with E-state index in [0.717, 1.165) is 44.3 Å². The molecule has 3 aliphatic rings. The molecule has 0 aromatic heterocycles. The lowest BCUT2D eigenvalue weighted by Gasteiger charge is -2.45. The Morgan fingerprint density at radius 3 is 2.07 bits per heavy atom. The molecule has 4 nitrogen and oxygen atoms in total. The second-order valence-corrected chi connectivity index (χ2v) is 9.03. The molecule has 2 atom stereocenters. The van der Waals surface area contributed by atoms with Gasteiger partial charge >= 0.3 is 0 Å². The van der Waals surface area contributed by atoms with Gasteiger partial charge in [0, 0.05) is 36.5 Å². The van der Waals surface area contributed by atoms with Gasteiger partial charge in [-0.25, -0.2) is 0 Å². The van der Waals surface area contributed by atoms with Crippen molar-refractivity contribution in [3.63, 3.8) is 0 Å². The number of nitrogens with zero attached hydrogens (tertiary/aromatic N) is 1. The van der Waals surface area contributed by atoms with Crippen LogP contribution in [0.3, 0.4) is 0 Å². The molecule has 1 heterocycles. The van der Waals surface area contributed by atoms with Crippen molar-refractivity contribution in [1.82, 2.24) is 4.90 Å². The highest BCUT2D eigenvalue weighted by atomic mass is 35.5. The monoisotopic (exact) mass is 404 g/mol. The molecule has 2 saturated carbocycles. The molecular formula is C23H33ClN2O2. The number of rotatable bonds is 3. The summed E-state index contributed by atoms with van der Waals surface area (Å²) in [5.41, 5.74) is 8.35. The topological polar surface area (TPSA) is 63.4 Å². The predicted octanol–water partition coefficient (Wildman–Crippen LogP) is 3.99. The molecule has 28 heavy (non-hydrogen) atoms. The van der Waals surface area contributed by atoms with Gasteiger partial charge in [-0.1, -0.05) is 36.2 Å². The second-order valence-electron chi connectivity index (χ2n) is 9.03. The molecule has 2 bridgehead atoms. The van der Waals surface area contributed by atoms with Gasteiger partial charge in [-0.2, -0.15) is 0 Å². The number of likely N-dealkylation sites (tertiary alicyclic amines) is 1. The normalized spacial score (nSPS) is 30.4. The molecule has 1 aromatic carbocycles. The van der Waals surface area contributed by atoms with Crippen molar-refractivity contribution >= 4 is 24.1 Å². The van der Waals surface area contributed by atoms with Crippen LogP contribution in [0, 0.1) is 30.6 Å². The van der Waals surface area contributed by atoms with Crippen LogP contribution < -0.4 is 5.73 Å². The molecule has 1 aromatic rings. The maximum atomic E-state index is 13.1. The molecule has 5 heteroatoms. The van der Waals surface area contributed by atoms with Crippen molar-refractivity contribution in [3.8, 4) is 0 Å². The predicted molar refractivity (Wildman–Crippen MR) is 114 cm³/mol. The third-order valence-corrected chi connectivity index (χ3v) is 7.28. The Balaban J connectivity index is 0.00000225. The lowest BCUT2D eigenvalue weighted by molar-refractivity contribution is -0.139. The summed E-state index contributed by atoms with van der Waals surface area (Å²) in [6.45, 7) is 3.47. The fourth-order valence-corrected chi connectivity index (χ4v) is 5.56. The van der Waals surface area contributed by atoms with Crippen LogP contribution in [-0.2, 0) is 4.79 Å². The number of Topliss-reactive ketones (excluding diaryl/α,β-unsaturated/α-hetero) is 1. The maximum Gasteiger partial charge on any atom is 0.225 e. The third-order valence-electron chi connectivity index (χ3n) is 7.28. The number of benzene rings is 1. The Morgan fingerprint density at radius 2 is 1.50 bits per heavy atom. The highest BCUT2D eigenvalue weighted by Gasteiger charge is 2.42. The molecule has 0 radical (unpaired) electrons. The number of hydrogen-bond acceptors (Lipinski definition) is 3.